The van der Waals surface area contributed by atoms with Gasteiger partial charge in [-0.15, -0.1) is 0 Å². The van der Waals surface area contributed by atoms with Gasteiger partial charge in [0.15, 0.2) is 5.65 Å². The third kappa shape index (κ3) is 3.91. The molecule has 2 aromatic heterocycles. The molecule has 0 bridgehead atoms. The number of piperidine rings is 1. The summed E-state index contributed by atoms with van der Waals surface area (Å²) >= 11 is 0. The van der Waals surface area contributed by atoms with Gasteiger partial charge in [-0.3, -0.25) is 0 Å². The summed E-state index contributed by atoms with van der Waals surface area (Å²) in [4.78, 5) is 8.11. The zero-order valence-electron chi connectivity index (χ0n) is 15.3. The van der Waals surface area contributed by atoms with Gasteiger partial charge in [-0.1, -0.05) is 0 Å². The number of nitrogens with zero attached hydrogens (tertiary/aromatic N) is 4. The van der Waals surface area contributed by atoms with Crippen molar-refractivity contribution in [3.05, 3.63) is 41.9 Å². The molecule has 6 nitrogen and oxygen atoms in total. The molecule has 0 amide bonds. The van der Waals surface area contributed by atoms with Gasteiger partial charge in [0.05, 0.1) is 34.4 Å². The van der Waals surface area contributed by atoms with E-state index in [2.05, 4.69) is 25.7 Å². The monoisotopic (exact) mass is 430 g/mol. The first-order valence-corrected chi connectivity index (χ1v) is 9.09. The van der Waals surface area contributed by atoms with Gasteiger partial charge >= 0.3 is 12.4 Å². The lowest BCUT2D eigenvalue weighted by Gasteiger charge is -2.23. The van der Waals surface area contributed by atoms with E-state index in [0.29, 0.717) is 29.2 Å². The van der Waals surface area contributed by atoms with Gasteiger partial charge in [0.1, 0.15) is 12.1 Å². The van der Waals surface area contributed by atoms with E-state index in [1.807, 2.05) is 0 Å². The lowest BCUT2D eigenvalue weighted by Crippen LogP contribution is -2.29. The SMILES string of the molecule is FC(F)(F)c1ccc(C(F)(F)F)c(Nc2ncnc3c2cnn3C2CCNCC2)c1. The highest BCUT2D eigenvalue weighted by molar-refractivity contribution is 5.88. The van der Waals surface area contributed by atoms with Crippen LogP contribution in [0, 0.1) is 0 Å². The van der Waals surface area contributed by atoms with Crippen LogP contribution in [0.1, 0.15) is 30.0 Å². The van der Waals surface area contributed by atoms with Gasteiger partial charge in [0, 0.05) is 0 Å². The standard InChI is InChI=1S/C18H16F6N6/c19-17(20,21)10-1-2-13(18(22,23)24)14(7-10)29-15-12-8-28-30(16(12)27-9-26-15)11-3-5-25-6-4-11/h1-2,7-9,11,25H,3-6H2,(H,26,27,29). The van der Waals surface area contributed by atoms with Crippen LogP contribution in [-0.4, -0.2) is 32.8 Å². The van der Waals surface area contributed by atoms with Crippen molar-refractivity contribution in [1.29, 1.82) is 0 Å². The van der Waals surface area contributed by atoms with Crippen LogP contribution in [0.15, 0.2) is 30.7 Å². The Morgan fingerprint density at radius 1 is 1.00 bits per heavy atom. The van der Waals surface area contributed by atoms with Crippen LogP contribution < -0.4 is 10.6 Å². The molecule has 4 rings (SSSR count). The summed E-state index contributed by atoms with van der Waals surface area (Å²) in [5.41, 5.74) is -2.77. The normalized spacial score (nSPS) is 16.2. The number of anilines is 2. The number of benzene rings is 1. The van der Waals surface area contributed by atoms with Crippen molar-refractivity contribution >= 4 is 22.5 Å². The van der Waals surface area contributed by atoms with Crippen LogP contribution in [-0.2, 0) is 12.4 Å². The number of aromatic nitrogens is 4. The Kier molecular flexibility index (Phi) is 5.04. The van der Waals surface area contributed by atoms with Crippen molar-refractivity contribution in [2.75, 3.05) is 18.4 Å². The number of halogens is 6. The molecular formula is C18H16F6N6. The number of nitrogens with one attached hydrogen (secondary N) is 2. The van der Waals surface area contributed by atoms with E-state index in [0.717, 1.165) is 32.3 Å². The third-order valence-electron chi connectivity index (χ3n) is 4.95. The predicted octanol–water partition coefficient (Wildman–Crippen LogP) is 4.53. The highest BCUT2D eigenvalue weighted by Gasteiger charge is 2.37. The van der Waals surface area contributed by atoms with Crippen molar-refractivity contribution in [3.8, 4) is 0 Å². The van der Waals surface area contributed by atoms with Crippen molar-refractivity contribution in [3.63, 3.8) is 0 Å². The van der Waals surface area contributed by atoms with Gasteiger partial charge in [0.2, 0.25) is 0 Å². The van der Waals surface area contributed by atoms with E-state index in [1.54, 1.807) is 4.68 Å². The summed E-state index contributed by atoms with van der Waals surface area (Å²) in [5.74, 6) is -0.0509. The molecule has 30 heavy (non-hydrogen) atoms. The van der Waals surface area contributed by atoms with E-state index in [1.165, 1.54) is 6.20 Å². The molecule has 12 heteroatoms. The fraction of sp³-hybridized carbons (Fsp3) is 0.389. The Labute approximate surface area is 166 Å². The molecule has 0 spiro atoms. The Hall–Kier alpha value is -2.89. The van der Waals surface area contributed by atoms with Crippen LogP contribution in [0.4, 0.5) is 37.8 Å². The Bertz CT molecular complexity index is 1050. The van der Waals surface area contributed by atoms with Gasteiger partial charge in [-0.2, -0.15) is 31.4 Å². The molecule has 0 radical (unpaired) electrons. The Balaban J connectivity index is 1.76. The Morgan fingerprint density at radius 3 is 2.40 bits per heavy atom. The van der Waals surface area contributed by atoms with Gasteiger partial charge in [-0.05, 0) is 44.1 Å². The maximum absolute atomic E-state index is 13.4. The zero-order chi connectivity index (χ0) is 21.5. The number of hydrogen-bond acceptors (Lipinski definition) is 5. The van der Waals surface area contributed by atoms with Crippen LogP contribution in [0.5, 0.6) is 0 Å². The van der Waals surface area contributed by atoms with Crippen molar-refractivity contribution < 1.29 is 26.3 Å². The van der Waals surface area contributed by atoms with Crippen LogP contribution >= 0.6 is 0 Å². The van der Waals surface area contributed by atoms with E-state index in [9.17, 15) is 26.3 Å². The molecule has 160 valence electrons. The second-order valence-corrected chi connectivity index (χ2v) is 6.91. The van der Waals surface area contributed by atoms with Crippen molar-refractivity contribution in [2.45, 2.75) is 31.2 Å². The number of fused-ring (bicyclic) bond motifs is 1. The van der Waals surface area contributed by atoms with E-state index in [-0.39, 0.29) is 11.9 Å². The number of hydrogen-bond donors (Lipinski definition) is 2. The first-order valence-electron chi connectivity index (χ1n) is 9.09. The highest BCUT2D eigenvalue weighted by atomic mass is 19.4. The molecule has 3 heterocycles. The second kappa shape index (κ2) is 7.42. The minimum absolute atomic E-state index is 0.0509. The molecular weight excluding hydrogens is 414 g/mol. The maximum Gasteiger partial charge on any atom is 0.418 e. The summed E-state index contributed by atoms with van der Waals surface area (Å²) in [6.07, 6.45) is -5.49. The maximum atomic E-state index is 13.4. The quantitative estimate of drug-likeness (QED) is 0.598. The summed E-state index contributed by atoms with van der Waals surface area (Å²) in [6.45, 7) is 1.59. The summed E-state index contributed by atoms with van der Waals surface area (Å²) in [7, 11) is 0. The predicted molar refractivity (Wildman–Crippen MR) is 96.2 cm³/mol. The smallest absolute Gasteiger partial charge is 0.339 e. The molecule has 1 aliphatic heterocycles. The minimum atomic E-state index is -4.85. The zero-order valence-corrected chi connectivity index (χ0v) is 15.3. The first-order chi connectivity index (χ1) is 14.1. The van der Waals surface area contributed by atoms with Gasteiger partial charge in [-0.25, -0.2) is 14.6 Å². The van der Waals surface area contributed by atoms with Crippen molar-refractivity contribution in [2.24, 2.45) is 0 Å². The number of rotatable bonds is 3. The third-order valence-corrected chi connectivity index (χ3v) is 4.95. The summed E-state index contributed by atoms with van der Waals surface area (Å²) in [5, 5.41) is 10.3. The molecule has 1 saturated heterocycles. The molecule has 1 aromatic carbocycles. The topological polar surface area (TPSA) is 67.7 Å². The molecule has 3 aromatic rings. The largest absolute Gasteiger partial charge is 0.418 e. The average molecular weight is 430 g/mol. The molecule has 0 unspecified atom stereocenters. The summed E-state index contributed by atoms with van der Waals surface area (Å²) in [6, 6.07) is 1.29. The fourth-order valence-electron chi connectivity index (χ4n) is 3.48. The summed E-state index contributed by atoms with van der Waals surface area (Å²) < 4.78 is 80.9. The van der Waals surface area contributed by atoms with Gasteiger partial charge < -0.3 is 10.6 Å². The number of alkyl halides is 6. The second-order valence-electron chi connectivity index (χ2n) is 6.91. The van der Waals surface area contributed by atoms with E-state index >= 15 is 0 Å². The lowest BCUT2D eigenvalue weighted by atomic mass is 10.1. The van der Waals surface area contributed by atoms with E-state index in [4.69, 9.17) is 0 Å². The minimum Gasteiger partial charge on any atom is -0.339 e. The van der Waals surface area contributed by atoms with Crippen LogP contribution in [0.3, 0.4) is 0 Å². The highest BCUT2D eigenvalue weighted by Crippen LogP contribution is 2.40. The Morgan fingerprint density at radius 2 is 1.73 bits per heavy atom. The van der Waals surface area contributed by atoms with E-state index < -0.39 is 29.2 Å². The van der Waals surface area contributed by atoms with Gasteiger partial charge in [0.25, 0.3) is 0 Å². The first kappa shape index (κ1) is 20.4. The molecule has 0 atom stereocenters. The average Bonchev–Trinajstić information content (AvgIpc) is 3.12. The van der Waals surface area contributed by atoms with Crippen LogP contribution in [0.2, 0.25) is 0 Å². The molecule has 0 saturated carbocycles. The lowest BCUT2D eigenvalue weighted by molar-refractivity contribution is -0.140. The molecule has 1 aliphatic rings. The fourth-order valence-corrected chi connectivity index (χ4v) is 3.48. The van der Waals surface area contributed by atoms with Crippen molar-refractivity contribution in [1.82, 2.24) is 25.1 Å². The molecule has 1 fully saturated rings. The van der Waals surface area contributed by atoms with Crippen LogP contribution in [0.25, 0.3) is 11.0 Å². The molecule has 0 aliphatic carbocycles. The molecule has 2 N–H and O–H groups in total.